The molecule has 0 fully saturated rings. The van der Waals surface area contributed by atoms with Crippen molar-refractivity contribution in [2.45, 2.75) is 45.6 Å². The van der Waals surface area contributed by atoms with Crippen LogP contribution in [-0.2, 0) is 17.6 Å². The molecule has 0 aromatic heterocycles. The molecular formula is C16H25ClN2O. The van der Waals surface area contributed by atoms with E-state index in [1.807, 2.05) is 7.05 Å². The Balaban J connectivity index is 0.00000200. The molecule has 4 heteroatoms. The second-order valence-electron chi connectivity index (χ2n) is 5.39. The minimum Gasteiger partial charge on any atom is -0.315 e. The second kappa shape index (κ2) is 7.65. The Kier molecular flexibility index (Phi) is 6.50. The van der Waals surface area contributed by atoms with Gasteiger partial charge in [-0.2, -0.15) is 0 Å². The molecule has 2 rings (SSSR count). The molecule has 0 radical (unpaired) electrons. The molecule has 0 bridgehead atoms. The van der Waals surface area contributed by atoms with Gasteiger partial charge in [0, 0.05) is 25.7 Å². The molecule has 0 heterocycles. The number of carbonyl (C=O) groups is 1. The van der Waals surface area contributed by atoms with Gasteiger partial charge in [-0.15, -0.1) is 12.4 Å². The van der Waals surface area contributed by atoms with Crippen molar-refractivity contribution < 1.29 is 4.79 Å². The number of hydrogen-bond donors (Lipinski definition) is 1. The largest absolute Gasteiger partial charge is 0.315 e. The van der Waals surface area contributed by atoms with E-state index in [9.17, 15) is 4.79 Å². The zero-order chi connectivity index (χ0) is 13.8. The maximum absolute atomic E-state index is 11.5. The van der Waals surface area contributed by atoms with Crippen molar-refractivity contribution in [1.29, 1.82) is 0 Å². The summed E-state index contributed by atoms with van der Waals surface area (Å²) in [5.74, 6) is 0.0969. The molecule has 20 heavy (non-hydrogen) atoms. The fraction of sp³-hybridized carbons (Fsp3) is 0.562. The third-order valence-corrected chi connectivity index (χ3v) is 3.97. The minimum atomic E-state index is 0. The van der Waals surface area contributed by atoms with Gasteiger partial charge in [-0.1, -0.05) is 19.1 Å². The normalized spacial score (nSPS) is 17.1. The average molecular weight is 297 g/mol. The van der Waals surface area contributed by atoms with Crippen LogP contribution in [0.2, 0.25) is 0 Å². The van der Waals surface area contributed by atoms with Crippen molar-refractivity contribution in [3.8, 4) is 0 Å². The Morgan fingerprint density at radius 3 is 2.85 bits per heavy atom. The van der Waals surface area contributed by atoms with Crippen LogP contribution in [0.15, 0.2) is 18.2 Å². The summed E-state index contributed by atoms with van der Waals surface area (Å²) in [5, 5.41) is 3.60. The van der Waals surface area contributed by atoms with E-state index in [0.717, 1.165) is 31.5 Å². The average Bonchev–Trinajstić information content (AvgIpc) is 2.43. The summed E-state index contributed by atoms with van der Waals surface area (Å²) in [7, 11) is 1.86. The van der Waals surface area contributed by atoms with Crippen LogP contribution >= 0.6 is 12.4 Å². The minimum absolute atomic E-state index is 0. The lowest BCUT2D eigenvalue weighted by atomic mass is 9.87. The van der Waals surface area contributed by atoms with Gasteiger partial charge >= 0.3 is 0 Å². The third kappa shape index (κ3) is 3.74. The second-order valence-corrected chi connectivity index (χ2v) is 5.39. The van der Waals surface area contributed by atoms with Gasteiger partial charge < -0.3 is 10.2 Å². The zero-order valence-corrected chi connectivity index (χ0v) is 13.4. The van der Waals surface area contributed by atoms with Crippen molar-refractivity contribution in [2.24, 2.45) is 0 Å². The van der Waals surface area contributed by atoms with Gasteiger partial charge in [0.1, 0.15) is 0 Å². The maximum atomic E-state index is 11.5. The molecule has 1 amide bonds. The lowest BCUT2D eigenvalue weighted by Crippen LogP contribution is -2.35. The third-order valence-electron chi connectivity index (χ3n) is 3.97. The number of halogens is 1. The first-order valence-corrected chi connectivity index (χ1v) is 7.22. The number of benzene rings is 1. The van der Waals surface area contributed by atoms with Gasteiger partial charge in [-0.25, -0.2) is 0 Å². The molecular weight excluding hydrogens is 272 g/mol. The first kappa shape index (κ1) is 17.0. The van der Waals surface area contributed by atoms with Crippen molar-refractivity contribution in [2.75, 3.05) is 18.5 Å². The highest BCUT2D eigenvalue weighted by atomic mass is 35.5. The smallest absolute Gasteiger partial charge is 0.223 e. The topological polar surface area (TPSA) is 32.3 Å². The quantitative estimate of drug-likeness (QED) is 0.926. The van der Waals surface area contributed by atoms with Crippen LogP contribution < -0.4 is 10.2 Å². The summed E-state index contributed by atoms with van der Waals surface area (Å²) < 4.78 is 0. The highest BCUT2D eigenvalue weighted by Gasteiger charge is 2.22. The Bertz CT molecular complexity index is 462. The molecule has 1 N–H and O–H groups in total. The van der Waals surface area contributed by atoms with Crippen LogP contribution in [-0.4, -0.2) is 25.5 Å². The van der Waals surface area contributed by atoms with Gasteiger partial charge in [-0.05, 0) is 49.4 Å². The maximum Gasteiger partial charge on any atom is 0.223 e. The van der Waals surface area contributed by atoms with E-state index in [1.165, 1.54) is 17.5 Å². The highest BCUT2D eigenvalue weighted by Crippen LogP contribution is 2.30. The van der Waals surface area contributed by atoms with E-state index in [4.69, 9.17) is 0 Å². The predicted octanol–water partition coefficient (Wildman–Crippen LogP) is 2.95. The highest BCUT2D eigenvalue weighted by molar-refractivity contribution is 5.92. The summed E-state index contributed by atoms with van der Waals surface area (Å²) >= 11 is 0. The van der Waals surface area contributed by atoms with E-state index in [1.54, 1.807) is 11.8 Å². The number of rotatable bonds is 4. The number of hydrogen-bond acceptors (Lipinski definition) is 2. The molecule has 112 valence electrons. The van der Waals surface area contributed by atoms with Crippen molar-refractivity contribution in [1.82, 2.24) is 5.32 Å². The summed E-state index contributed by atoms with van der Waals surface area (Å²) in [6.45, 7) is 4.91. The van der Waals surface area contributed by atoms with Crippen LogP contribution in [0.3, 0.4) is 0 Å². The summed E-state index contributed by atoms with van der Waals surface area (Å²) in [6, 6.07) is 6.91. The van der Waals surface area contributed by atoms with Crippen LogP contribution in [0.1, 0.15) is 37.8 Å². The molecule has 1 aromatic carbocycles. The van der Waals surface area contributed by atoms with Crippen LogP contribution in [0, 0.1) is 0 Å². The fourth-order valence-corrected chi connectivity index (χ4v) is 2.79. The summed E-state index contributed by atoms with van der Waals surface area (Å²) in [6.07, 6.45) is 4.48. The number of anilines is 1. The Labute approximate surface area is 128 Å². The number of nitrogens with one attached hydrogen (secondary N) is 1. The molecule has 0 aliphatic heterocycles. The molecule has 1 aromatic rings. The predicted molar refractivity (Wildman–Crippen MR) is 86.9 cm³/mol. The molecule has 1 aliphatic carbocycles. The van der Waals surface area contributed by atoms with E-state index < -0.39 is 0 Å². The Morgan fingerprint density at radius 2 is 2.20 bits per heavy atom. The van der Waals surface area contributed by atoms with E-state index in [0.29, 0.717) is 6.04 Å². The van der Waals surface area contributed by atoms with Gasteiger partial charge in [0.25, 0.3) is 0 Å². The van der Waals surface area contributed by atoms with Gasteiger partial charge in [-0.3, -0.25) is 4.79 Å². The van der Waals surface area contributed by atoms with Crippen molar-refractivity contribution in [3.05, 3.63) is 29.3 Å². The molecule has 1 unspecified atom stereocenters. The fourth-order valence-electron chi connectivity index (χ4n) is 2.79. The van der Waals surface area contributed by atoms with Crippen LogP contribution in [0.5, 0.6) is 0 Å². The van der Waals surface area contributed by atoms with Crippen molar-refractivity contribution >= 4 is 24.0 Å². The zero-order valence-electron chi connectivity index (χ0n) is 12.6. The molecule has 0 saturated carbocycles. The lowest BCUT2D eigenvalue weighted by molar-refractivity contribution is -0.116. The van der Waals surface area contributed by atoms with Crippen LogP contribution in [0.25, 0.3) is 0 Å². The van der Waals surface area contributed by atoms with E-state index in [-0.39, 0.29) is 18.3 Å². The van der Waals surface area contributed by atoms with Crippen LogP contribution in [0.4, 0.5) is 5.69 Å². The number of amides is 1. The Morgan fingerprint density at radius 1 is 1.45 bits per heavy atom. The number of fused-ring (bicyclic) bond motifs is 1. The van der Waals surface area contributed by atoms with Gasteiger partial charge in [0.2, 0.25) is 5.91 Å². The van der Waals surface area contributed by atoms with E-state index >= 15 is 0 Å². The first-order chi connectivity index (χ1) is 9.13. The SMILES string of the molecule is CCCNC1CCc2c(cccc2N(C)C(C)=O)C1.Cl. The molecule has 3 nitrogen and oxygen atoms in total. The number of nitrogens with zero attached hydrogens (tertiary/aromatic N) is 1. The molecule has 1 atom stereocenters. The van der Waals surface area contributed by atoms with Crippen molar-refractivity contribution in [3.63, 3.8) is 0 Å². The summed E-state index contributed by atoms with van der Waals surface area (Å²) in [5.41, 5.74) is 3.83. The number of carbonyl (C=O) groups excluding carboxylic acids is 1. The Hall–Kier alpha value is -1.06. The summed E-state index contributed by atoms with van der Waals surface area (Å²) in [4.78, 5) is 13.3. The first-order valence-electron chi connectivity index (χ1n) is 7.22. The molecule has 0 saturated heterocycles. The standard InChI is InChI=1S/C16H24N2O.ClH/c1-4-10-17-14-8-9-15-13(11-14)6-5-7-16(15)18(3)12(2)19;/h5-7,14,17H,4,8-11H2,1-3H3;1H. The monoisotopic (exact) mass is 296 g/mol. The molecule has 0 spiro atoms. The molecule has 1 aliphatic rings. The lowest BCUT2D eigenvalue weighted by Gasteiger charge is -2.29. The van der Waals surface area contributed by atoms with Gasteiger partial charge in [0.05, 0.1) is 0 Å². The van der Waals surface area contributed by atoms with E-state index in [2.05, 4.69) is 30.4 Å². The van der Waals surface area contributed by atoms with Gasteiger partial charge in [0.15, 0.2) is 0 Å².